The molecule has 0 unspecified atom stereocenters. The minimum absolute atomic E-state index is 1.18. The van der Waals surface area contributed by atoms with Crippen LogP contribution in [0.4, 0.5) is 0 Å². The van der Waals surface area contributed by atoms with Gasteiger partial charge in [0, 0.05) is 48.1 Å². The van der Waals surface area contributed by atoms with Gasteiger partial charge in [0.05, 0.1) is 32.5 Å². The number of para-hydroxylation sites is 2. The van der Waals surface area contributed by atoms with Crippen LogP contribution in [0, 0.1) is 0 Å². The summed E-state index contributed by atoms with van der Waals surface area (Å²) in [5.41, 5.74) is 9.78. The van der Waals surface area contributed by atoms with E-state index in [0.29, 0.717) is 0 Å². The molecule has 0 aliphatic carbocycles. The van der Waals surface area contributed by atoms with Gasteiger partial charge in [0.2, 0.25) is 0 Å². The Balaban J connectivity index is 1.20. The van der Waals surface area contributed by atoms with Crippen LogP contribution in [-0.2, 0) is 0 Å². The van der Waals surface area contributed by atoms with Crippen LogP contribution in [-0.4, -0.2) is 9.13 Å². The summed E-state index contributed by atoms with van der Waals surface area (Å²) in [5.74, 6) is 0. The van der Waals surface area contributed by atoms with Crippen LogP contribution in [0.3, 0.4) is 0 Å². The van der Waals surface area contributed by atoms with E-state index >= 15 is 0 Å². The maximum absolute atomic E-state index is 2.52. The molecule has 0 amide bonds. The van der Waals surface area contributed by atoms with Gasteiger partial charge in [0.1, 0.15) is 0 Å². The van der Waals surface area contributed by atoms with Crippen molar-refractivity contribution in [2.24, 2.45) is 0 Å². The van der Waals surface area contributed by atoms with Crippen LogP contribution in [0.5, 0.6) is 0 Å². The Morgan fingerprint density at radius 3 is 1.82 bits per heavy atom. The Hall–Kier alpha value is -6.16. The Morgan fingerprint density at radius 2 is 0.980 bits per heavy atom. The zero-order valence-electron chi connectivity index (χ0n) is 26.5. The third-order valence-electron chi connectivity index (χ3n) is 10.3. The molecule has 11 aromatic rings. The second kappa shape index (κ2) is 10.2. The van der Waals surface area contributed by atoms with Crippen LogP contribution in [0.15, 0.2) is 170 Å². The van der Waals surface area contributed by atoms with Gasteiger partial charge in [-0.1, -0.05) is 115 Å². The first-order chi connectivity index (χ1) is 24.3. The van der Waals surface area contributed by atoms with Crippen molar-refractivity contribution in [2.45, 2.75) is 0 Å². The fraction of sp³-hybridized carbons (Fsp3) is 0. The third-order valence-corrected chi connectivity index (χ3v) is 11.5. The Bertz CT molecular complexity index is 3100. The molecule has 0 fully saturated rings. The summed E-state index contributed by atoms with van der Waals surface area (Å²) in [6, 6.07) is 62.4. The van der Waals surface area contributed by atoms with E-state index in [9.17, 15) is 0 Å². The molecular formula is C46H28N2S. The summed E-state index contributed by atoms with van der Waals surface area (Å²) >= 11 is 1.90. The average molecular weight is 641 g/mol. The molecule has 0 bridgehead atoms. The topological polar surface area (TPSA) is 9.86 Å². The minimum Gasteiger partial charge on any atom is -0.309 e. The van der Waals surface area contributed by atoms with Gasteiger partial charge in [-0.05, 0) is 71.1 Å². The molecule has 0 saturated heterocycles. The van der Waals surface area contributed by atoms with E-state index in [1.165, 1.54) is 97.1 Å². The van der Waals surface area contributed by atoms with E-state index in [-0.39, 0.29) is 0 Å². The molecule has 49 heavy (non-hydrogen) atoms. The number of hydrogen-bond donors (Lipinski definition) is 0. The third kappa shape index (κ3) is 3.82. The molecule has 0 aliphatic rings. The van der Waals surface area contributed by atoms with E-state index in [2.05, 4.69) is 179 Å². The second-order valence-electron chi connectivity index (χ2n) is 12.9. The Kier molecular flexibility index (Phi) is 5.57. The lowest BCUT2D eigenvalue weighted by Crippen LogP contribution is -1.95. The van der Waals surface area contributed by atoms with Crippen molar-refractivity contribution in [3.8, 4) is 22.5 Å². The van der Waals surface area contributed by atoms with Gasteiger partial charge in [-0.2, -0.15) is 0 Å². The van der Waals surface area contributed by atoms with Gasteiger partial charge in [0.15, 0.2) is 0 Å². The van der Waals surface area contributed by atoms with Crippen LogP contribution >= 0.6 is 11.3 Å². The predicted octanol–water partition coefficient (Wildman–Crippen LogP) is 13.1. The van der Waals surface area contributed by atoms with Crippen molar-refractivity contribution in [2.75, 3.05) is 0 Å². The number of hydrogen-bond acceptors (Lipinski definition) is 1. The lowest BCUT2D eigenvalue weighted by atomic mass is 10.0. The number of thiophene rings is 1. The van der Waals surface area contributed by atoms with E-state index in [1.54, 1.807) is 0 Å². The molecule has 3 aromatic heterocycles. The van der Waals surface area contributed by atoms with E-state index in [0.717, 1.165) is 0 Å². The maximum atomic E-state index is 2.52. The molecule has 2 nitrogen and oxygen atoms in total. The zero-order valence-corrected chi connectivity index (χ0v) is 27.3. The first-order valence-electron chi connectivity index (χ1n) is 16.8. The van der Waals surface area contributed by atoms with E-state index in [4.69, 9.17) is 0 Å². The smallest absolute Gasteiger partial charge is 0.0720 e. The highest BCUT2D eigenvalue weighted by Crippen LogP contribution is 2.45. The molecule has 3 heterocycles. The first-order valence-corrected chi connectivity index (χ1v) is 17.6. The maximum Gasteiger partial charge on any atom is 0.0720 e. The summed E-state index contributed by atoms with van der Waals surface area (Å²) in [4.78, 5) is 0. The summed E-state index contributed by atoms with van der Waals surface area (Å²) in [7, 11) is 0. The van der Waals surface area contributed by atoms with Crippen LogP contribution in [0.25, 0.3) is 97.1 Å². The summed E-state index contributed by atoms with van der Waals surface area (Å²) in [5, 5.41) is 10.2. The molecule has 11 rings (SSSR count). The predicted molar refractivity (Wildman–Crippen MR) is 211 cm³/mol. The highest BCUT2D eigenvalue weighted by atomic mass is 32.1. The fourth-order valence-electron chi connectivity index (χ4n) is 8.12. The summed E-state index contributed by atoms with van der Waals surface area (Å²) in [6.07, 6.45) is 0. The van der Waals surface area contributed by atoms with Crippen LogP contribution in [0.2, 0.25) is 0 Å². The average Bonchev–Trinajstić information content (AvgIpc) is 3.82. The van der Waals surface area contributed by atoms with Crippen molar-refractivity contribution >= 4 is 85.9 Å². The molecule has 0 saturated carbocycles. The molecule has 8 aromatic carbocycles. The van der Waals surface area contributed by atoms with Crippen molar-refractivity contribution in [3.05, 3.63) is 170 Å². The number of benzene rings is 8. The number of rotatable bonds is 3. The van der Waals surface area contributed by atoms with Gasteiger partial charge in [-0.15, -0.1) is 11.3 Å². The SMILES string of the molecule is c1ccc(-n2c3ccccc3c3cc(-c4ccc5c(c4)c4ccc6c7ccccc7sc6c4n5-c4cccc5ccccc45)ccc32)cc1. The number of nitrogens with zero attached hydrogens (tertiary/aromatic N) is 2. The lowest BCUT2D eigenvalue weighted by Gasteiger charge is -2.12. The monoisotopic (exact) mass is 640 g/mol. The van der Waals surface area contributed by atoms with Crippen molar-refractivity contribution in [1.82, 2.24) is 9.13 Å². The van der Waals surface area contributed by atoms with Gasteiger partial charge in [-0.25, -0.2) is 0 Å². The standard InChI is InChI=1S/C46H28N2S/c1-2-13-32(14-3-1)47-41-18-8-6-16-34(41)38-27-30(21-25-42(38)47)31-22-26-43-39(28-31)36-23-24-37-35-17-7-9-20-44(35)49-46(37)45(36)48(43)40-19-10-12-29-11-4-5-15-33(29)40/h1-28H. The van der Waals surface area contributed by atoms with Crippen molar-refractivity contribution in [3.63, 3.8) is 0 Å². The molecule has 0 atom stereocenters. The van der Waals surface area contributed by atoms with Gasteiger partial charge in [0.25, 0.3) is 0 Å². The van der Waals surface area contributed by atoms with Crippen molar-refractivity contribution in [1.29, 1.82) is 0 Å². The quantitative estimate of drug-likeness (QED) is 0.182. The van der Waals surface area contributed by atoms with Gasteiger partial charge < -0.3 is 9.13 Å². The normalized spacial score (nSPS) is 12.1. The first kappa shape index (κ1) is 26.9. The van der Waals surface area contributed by atoms with Gasteiger partial charge >= 0.3 is 0 Å². The Morgan fingerprint density at radius 1 is 0.367 bits per heavy atom. The summed E-state index contributed by atoms with van der Waals surface area (Å²) in [6.45, 7) is 0. The number of fused-ring (bicyclic) bond motifs is 11. The molecular weight excluding hydrogens is 613 g/mol. The largest absolute Gasteiger partial charge is 0.309 e. The highest BCUT2D eigenvalue weighted by molar-refractivity contribution is 7.26. The minimum atomic E-state index is 1.18. The van der Waals surface area contributed by atoms with Crippen LogP contribution < -0.4 is 0 Å². The lowest BCUT2D eigenvalue weighted by molar-refractivity contribution is 1.18. The summed E-state index contributed by atoms with van der Waals surface area (Å²) < 4.78 is 7.56. The second-order valence-corrected chi connectivity index (χ2v) is 14.0. The molecule has 3 heteroatoms. The van der Waals surface area contributed by atoms with Crippen LogP contribution in [0.1, 0.15) is 0 Å². The Labute approximate surface area is 286 Å². The van der Waals surface area contributed by atoms with Crippen molar-refractivity contribution < 1.29 is 0 Å². The molecule has 0 radical (unpaired) electrons. The van der Waals surface area contributed by atoms with Gasteiger partial charge in [-0.3, -0.25) is 0 Å². The molecule has 0 spiro atoms. The zero-order chi connectivity index (χ0) is 32.1. The number of aromatic nitrogens is 2. The molecule has 228 valence electrons. The highest BCUT2D eigenvalue weighted by Gasteiger charge is 2.20. The molecule has 0 aliphatic heterocycles. The fourth-order valence-corrected chi connectivity index (χ4v) is 9.36. The van der Waals surface area contributed by atoms with E-state index in [1.807, 2.05) is 11.3 Å². The molecule has 0 N–H and O–H groups in total. The van der Waals surface area contributed by atoms with E-state index < -0.39 is 0 Å².